The third-order valence-corrected chi connectivity index (χ3v) is 7.62. The van der Waals surface area contributed by atoms with Gasteiger partial charge in [0.05, 0.1) is 16.8 Å². The number of aromatic nitrogens is 1. The molecule has 3 aromatic carbocycles. The SMILES string of the molecule is Cc1cc(/C=N/NC(=O)CN(c2ccccc2)S(=O)(=O)c2ccccc2)c(C)n1-c1cccc(Cl)c1. The highest BCUT2D eigenvalue weighted by molar-refractivity contribution is 7.92. The minimum Gasteiger partial charge on any atom is -0.318 e. The van der Waals surface area contributed by atoms with E-state index in [2.05, 4.69) is 10.5 Å². The van der Waals surface area contributed by atoms with Crippen LogP contribution in [0.2, 0.25) is 5.02 Å². The van der Waals surface area contributed by atoms with Crippen molar-refractivity contribution in [3.63, 3.8) is 0 Å². The number of benzene rings is 3. The minimum atomic E-state index is -3.96. The summed E-state index contributed by atoms with van der Waals surface area (Å²) in [6, 6.07) is 26.0. The molecule has 36 heavy (non-hydrogen) atoms. The normalized spacial score (nSPS) is 11.5. The summed E-state index contributed by atoms with van der Waals surface area (Å²) in [6.07, 6.45) is 1.54. The second-order valence-electron chi connectivity index (χ2n) is 8.10. The molecule has 0 atom stereocenters. The molecule has 0 saturated carbocycles. The van der Waals surface area contributed by atoms with E-state index in [4.69, 9.17) is 11.6 Å². The van der Waals surface area contributed by atoms with Crippen molar-refractivity contribution < 1.29 is 13.2 Å². The van der Waals surface area contributed by atoms with Crippen LogP contribution in [0.1, 0.15) is 17.0 Å². The summed E-state index contributed by atoms with van der Waals surface area (Å²) in [6.45, 7) is 3.48. The Balaban J connectivity index is 1.53. The number of amides is 1. The van der Waals surface area contributed by atoms with Crippen molar-refractivity contribution in [1.29, 1.82) is 0 Å². The number of hydrogen-bond acceptors (Lipinski definition) is 4. The van der Waals surface area contributed by atoms with Crippen molar-refractivity contribution in [2.45, 2.75) is 18.7 Å². The largest absolute Gasteiger partial charge is 0.318 e. The molecule has 0 radical (unpaired) electrons. The first-order valence-corrected chi connectivity index (χ1v) is 13.0. The Labute approximate surface area is 215 Å². The summed E-state index contributed by atoms with van der Waals surface area (Å²) < 4.78 is 29.7. The summed E-state index contributed by atoms with van der Waals surface area (Å²) in [5, 5.41) is 4.72. The van der Waals surface area contributed by atoms with Gasteiger partial charge >= 0.3 is 0 Å². The number of hydrazone groups is 1. The van der Waals surface area contributed by atoms with Gasteiger partial charge in [0.2, 0.25) is 0 Å². The molecule has 0 bridgehead atoms. The number of rotatable bonds is 8. The van der Waals surface area contributed by atoms with Gasteiger partial charge in [-0.25, -0.2) is 13.8 Å². The quantitative estimate of drug-likeness (QED) is 0.259. The number of carbonyl (C=O) groups excluding carboxylic acids is 1. The minimum absolute atomic E-state index is 0.0959. The molecule has 1 heterocycles. The predicted molar refractivity (Wildman–Crippen MR) is 143 cm³/mol. The van der Waals surface area contributed by atoms with Crippen LogP contribution in [0.25, 0.3) is 5.69 Å². The smallest absolute Gasteiger partial charge is 0.264 e. The zero-order chi connectivity index (χ0) is 25.7. The van der Waals surface area contributed by atoms with Gasteiger partial charge in [-0.05, 0) is 62.4 Å². The van der Waals surface area contributed by atoms with Crippen LogP contribution in [0.15, 0.2) is 101 Å². The van der Waals surface area contributed by atoms with E-state index >= 15 is 0 Å². The molecular weight excluding hydrogens is 496 g/mol. The van der Waals surface area contributed by atoms with Gasteiger partial charge in [0.15, 0.2) is 0 Å². The average Bonchev–Trinajstić information content (AvgIpc) is 3.16. The summed E-state index contributed by atoms with van der Waals surface area (Å²) in [5.74, 6) is -0.571. The second-order valence-corrected chi connectivity index (χ2v) is 10.4. The number of hydrogen-bond donors (Lipinski definition) is 1. The van der Waals surface area contributed by atoms with Gasteiger partial charge in [-0.3, -0.25) is 9.10 Å². The van der Waals surface area contributed by atoms with Crippen molar-refractivity contribution in [1.82, 2.24) is 9.99 Å². The molecule has 0 saturated heterocycles. The van der Waals surface area contributed by atoms with Crippen LogP contribution in [0.3, 0.4) is 0 Å². The number of carbonyl (C=O) groups is 1. The lowest BCUT2D eigenvalue weighted by Crippen LogP contribution is -2.39. The first kappa shape index (κ1) is 25.2. The van der Waals surface area contributed by atoms with Gasteiger partial charge < -0.3 is 4.57 Å². The van der Waals surface area contributed by atoms with Crippen molar-refractivity contribution in [2.24, 2.45) is 5.10 Å². The standard InChI is InChI=1S/C27H25ClN4O3S/c1-20-16-22(21(2)32(20)25-13-9-10-23(28)17-25)18-29-30-27(33)19-31(24-11-5-3-6-12-24)36(34,35)26-14-7-4-8-15-26/h3-18H,19H2,1-2H3,(H,30,33)/b29-18+. The number of para-hydroxylation sites is 1. The maximum atomic E-state index is 13.3. The van der Waals surface area contributed by atoms with Crippen molar-refractivity contribution in [3.8, 4) is 5.69 Å². The molecule has 4 rings (SSSR count). The summed E-state index contributed by atoms with van der Waals surface area (Å²) in [5.41, 5.74) is 6.47. The Morgan fingerprint density at radius 3 is 2.31 bits per heavy atom. The fourth-order valence-electron chi connectivity index (χ4n) is 3.90. The van der Waals surface area contributed by atoms with Gasteiger partial charge in [0, 0.05) is 27.7 Å². The van der Waals surface area contributed by atoms with Gasteiger partial charge in [-0.2, -0.15) is 5.10 Å². The van der Waals surface area contributed by atoms with Gasteiger partial charge in [-0.1, -0.05) is 54.1 Å². The highest BCUT2D eigenvalue weighted by Gasteiger charge is 2.26. The Hall–Kier alpha value is -3.88. The maximum Gasteiger partial charge on any atom is 0.264 e. The fourth-order valence-corrected chi connectivity index (χ4v) is 5.53. The molecule has 0 aliphatic heterocycles. The van der Waals surface area contributed by atoms with E-state index in [9.17, 15) is 13.2 Å². The highest BCUT2D eigenvalue weighted by atomic mass is 35.5. The first-order valence-electron chi connectivity index (χ1n) is 11.2. The zero-order valence-corrected chi connectivity index (χ0v) is 21.4. The number of nitrogens with one attached hydrogen (secondary N) is 1. The number of anilines is 1. The number of nitrogens with zero attached hydrogens (tertiary/aromatic N) is 3. The zero-order valence-electron chi connectivity index (χ0n) is 19.8. The lowest BCUT2D eigenvalue weighted by atomic mass is 10.2. The van der Waals surface area contributed by atoms with E-state index in [-0.39, 0.29) is 4.90 Å². The van der Waals surface area contributed by atoms with Crippen LogP contribution >= 0.6 is 11.6 Å². The molecule has 4 aromatic rings. The van der Waals surface area contributed by atoms with Crippen LogP contribution in [0.4, 0.5) is 5.69 Å². The van der Waals surface area contributed by atoms with E-state index in [0.29, 0.717) is 10.7 Å². The van der Waals surface area contributed by atoms with Crippen LogP contribution in [0.5, 0.6) is 0 Å². The van der Waals surface area contributed by atoms with Gasteiger partial charge in [0.25, 0.3) is 15.9 Å². The van der Waals surface area contributed by atoms with E-state index < -0.39 is 22.5 Å². The molecule has 0 unspecified atom stereocenters. The third-order valence-electron chi connectivity index (χ3n) is 5.59. The summed E-state index contributed by atoms with van der Waals surface area (Å²) >= 11 is 6.15. The van der Waals surface area contributed by atoms with E-state index in [1.165, 1.54) is 12.1 Å². The fraction of sp³-hybridized carbons (Fsp3) is 0.111. The van der Waals surface area contributed by atoms with E-state index in [1.807, 2.05) is 48.7 Å². The monoisotopic (exact) mass is 520 g/mol. The molecule has 0 aliphatic rings. The van der Waals surface area contributed by atoms with Crippen LogP contribution < -0.4 is 9.73 Å². The Morgan fingerprint density at radius 2 is 1.64 bits per heavy atom. The van der Waals surface area contributed by atoms with Crippen molar-refractivity contribution >= 4 is 39.4 Å². The Kier molecular flexibility index (Phi) is 7.57. The molecular formula is C27H25ClN4O3S. The van der Waals surface area contributed by atoms with E-state index in [1.54, 1.807) is 54.7 Å². The topological polar surface area (TPSA) is 83.8 Å². The van der Waals surface area contributed by atoms with Crippen LogP contribution in [-0.4, -0.2) is 31.7 Å². The van der Waals surface area contributed by atoms with Gasteiger partial charge in [-0.15, -0.1) is 0 Å². The molecule has 0 fully saturated rings. The number of halogens is 1. The van der Waals surface area contributed by atoms with Crippen molar-refractivity contribution in [2.75, 3.05) is 10.8 Å². The molecule has 1 N–H and O–H groups in total. The Morgan fingerprint density at radius 1 is 0.972 bits per heavy atom. The maximum absolute atomic E-state index is 13.3. The molecule has 184 valence electrons. The number of aryl methyl sites for hydroxylation is 1. The summed E-state index contributed by atoms with van der Waals surface area (Å²) in [7, 11) is -3.96. The molecule has 9 heteroatoms. The molecule has 0 spiro atoms. The number of sulfonamides is 1. The predicted octanol–water partition coefficient (Wildman–Crippen LogP) is 5.09. The second kappa shape index (κ2) is 10.8. The lowest BCUT2D eigenvalue weighted by molar-refractivity contribution is -0.119. The molecule has 7 nitrogen and oxygen atoms in total. The molecule has 1 amide bonds. The average molecular weight is 521 g/mol. The van der Waals surface area contributed by atoms with Crippen LogP contribution in [-0.2, 0) is 14.8 Å². The molecule has 0 aliphatic carbocycles. The first-order chi connectivity index (χ1) is 17.3. The van der Waals surface area contributed by atoms with Crippen LogP contribution in [0, 0.1) is 13.8 Å². The summed E-state index contributed by atoms with van der Waals surface area (Å²) in [4.78, 5) is 12.9. The lowest BCUT2D eigenvalue weighted by Gasteiger charge is -2.23. The van der Waals surface area contributed by atoms with E-state index in [0.717, 1.165) is 26.9 Å². The highest BCUT2D eigenvalue weighted by Crippen LogP contribution is 2.24. The molecule has 1 aromatic heterocycles. The van der Waals surface area contributed by atoms with Crippen molar-refractivity contribution in [3.05, 3.63) is 113 Å². The third kappa shape index (κ3) is 5.50. The Bertz CT molecular complexity index is 1500. The van der Waals surface area contributed by atoms with Gasteiger partial charge in [0.1, 0.15) is 6.54 Å².